The van der Waals surface area contributed by atoms with E-state index in [0.29, 0.717) is 0 Å². The summed E-state index contributed by atoms with van der Waals surface area (Å²) in [5, 5.41) is 6.40. The molecule has 33 heavy (non-hydrogen) atoms. The number of hydrogen-bond donors (Lipinski definition) is 3. The van der Waals surface area contributed by atoms with Gasteiger partial charge in [-0.1, -0.05) is 18.2 Å². The molecule has 0 aromatic heterocycles. The largest absolute Gasteiger partial charge is 0.496 e. The number of anilines is 1. The van der Waals surface area contributed by atoms with E-state index in [4.69, 9.17) is 9.25 Å². The Hall–Kier alpha value is -3.45. The molecule has 8 nitrogen and oxygen atoms in total. The molecule has 1 aliphatic rings. The van der Waals surface area contributed by atoms with Crippen molar-refractivity contribution >= 4 is 27.7 Å². The maximum atomic E-state index is 14.9. The fraction of sp³-hybridized carbons (Fsp3) is 0.200. The van der Waals surface area contributed by atoms with Gasteiger partial charge in [0.15, 0.2) is 23.3 Å². The van der Waals surface area contributed by atoms with Crippen LogP contribution in [0.4, 0.5) is 23.2 Å². The standard InChI is InChI=1S/C20H17F4N3O5S/c1-32-12-8-3-2-5-11(12)13-14(21)16(23)18(17(24)15(13)22)26-19(28)9-6-4-7-10(9)20(29)27-33(25,30)31/h2-3,5,8H,4,6-7H2,1H3,(H,26,28)(H,27,29)(H2,25,30,31)/i1D3. The quantitative estimate of drug-likeness (QED) is 0.424. The van der Waals surface area contributed by atoms with Crippen LogP contribution in [0.25, 0.3) is 11.1 Å². The molecule has 0 heterocycles. The molecule has 0 unspecified atom stereocenters. The third-order valence-corrected chi connectivity index (χ3v) is 5.24. The lowest BCUT2D eigenvalue weighted by molar-refractivity contribution is -0.117. The van der Waals surface area contributed by atoms with E-state index in [1.165, 1.54) is 16.9 Å². The molecule has 0 saturated carbocycles. The Kier molecular flexibility index (Phi) is 5.62. The first kappa shape index (κ1) is 20.2. The minimum atomic E-state index is -4.47. The van der Waals surface area contributed by atoms with Gasteiger partial charge in [0.2, 0.25) is 0 Å². The average Bonchev–Trinajstić information content (AvgIpc) is 3.25. The molecule has 13 heteroatoms. The van der Waals surface area contributed by atoms with E-state index in [0.717, 1.165) is 12.1 Å². The van der Waals surface area contributed by atoms with Crippen molar-refractivity contribution < 1.29 is 44.4 Å². The lowest BCUT2D eigenvalue weighted by Crippen LogP contribution is -2.37. The van der Waals surface area contributed by atoms with Crippen molar-refractivity contribution in [1.82, 2.24) is 4.72 Å². The highest BCUT2D eigenvalue weighted by Crippen LogP contribution is 2.39. The van der Waals surface area contributed by atoms with Crippen LogP contribution in [0.15, 0.2) is 35.4 Å². The number of nitrogens with one attached hydrogen (secondary N) is 2. The van der Waals surface area contributed by atoms with Crippen molar-refractivity contribution in [1.29, 1.82) is 0 Å². The summed E-state index contributed by atoms with van der Waals surface area (Å²) < 4.78 is 109. The van der Waals surface area contributed by atoms with Crippen molar-refractivity contribution in [2.75, 3.05) is 12.4 Å². The molecule has 4 N–H and O–H groups in total. The number of hydrogen-bond acceptors (Lipinski definition) is 5. The van der Waals surface area contributed by atoms with Gasteiger partial charge in [-0.2, -0.15) is 8.42 Å². The fourth-order valence-corrected chi connectivity index (χ4v) is 3.75. The Labute approximate surface area is 189 Å². The Morgan fingerprint density at radius 2 is 1.58 bits per heavy atom. The van der Waals surface area contributed by atoms with E-state index < -0.39 is 74.9 Å². The topological polar surface area (TPSA) is 128 Å². The molecule has 0 spiro atoms. The van der Waals surface area contributed by atoms with Crippen LogP contribution in [0.5, 0.6) is 5.75 Å². The molecule has 0 radical (unpaired) electrons. The van der Waals surface area contributed by atoms with Crippen LogP contribution in [0.3, 0.4) is 0 Å². The van der Waals surface area contributed by atoms with Crippen LogP contribution in [-0.4, -0.2) is 27.3 Å². The summed E-state index contributed by atoms with van der Waals surface area (Å²) in [7, 11) is -7.52. The Morgan fingerprint density at radius 3 is 2.15 bits per heavy atom. The zero-order chi connectivity index (χ0) is 27.0. The molecule has 176 valence electrons. The number of methoxy groups -OCH3 is 1. The highest BCUT2D eigenvalue weighted by atomic mass is 32.2. The van der Waals surface area contributed by atoms with Gasteiger partial charge in [-0.05, 0) is 25.3 Å². The number of benzene rings is 2. The van der Waals surface area contributed by atoms with E-state index in [1.807, 2.05) is 0 Å². The Balaban J connectivity index is 2.03. The van der Waals surface area contributed by atoms with E-state index in [1.54, 1.807) is 5.32 Å². The van der Waals surface area contributed by atoms with Crippen LogP contribution in [0, 0.1) is 23.3 Å². The van der Waals surface area contributed by atoms with Gasteiger partial charge in [0.1, 0.15) is 11.4 Å². The summed E-state index contributed by atoms with van der Waals surface area (Å²) >= 11 is 0. The molecule has 0 saturated heterocycles. The second-order valence-electron chi connectivity index (χ2n) is 6.85. The van der Waals surface area contributed by atoms with Crippen molar-refractivity contribution in [2.45, 2.75) is 19.3 Å². The molecule has 2 aromatic carbocycles. The van der Waals surface area contributed by atoms with Gasteiger partial charge in [0.05, 0.1) is 16.7 Å². The van der Waals surface area contributed by atoms with Crippen LogP contribution in [0.1, 0.15) is 23.4 Å². The lowest BCUT2D eigenvalue weighted by Gasteiger charge is -2.15. The van der Waals surface area contributed by atoms with E-state index in [2.05, 4.69) is 4.74 Å². The number of carbonyl (C=O) groups is 2. The van der Waals surface area contributed by atoms with Gasteiger partial charge in [0.25, 0.3) is 22.0 Å². The highest BCUT2D eigenvalue weighted by Gasteiger charge is 2.32. The number of para-hydroxylation sites is 1. The van der Waals surface area contributed by atoms with Gasteiger partial charge in [-0.3, -0.25) is 9.59 Å². The summed E-state index contributed by atoms with van der Waals surface area (Å²) in [6, 6.07) is 4.47. The minimum Gasteiger partial charge on any atom is -0.496 e. The molecule has 0 aliphatic heterocycles. The van der Waals surface area contributed by atoms with Crippen LogP contribution in [-0.2, 0) is 19.8 Å². The van der Waals surface area contributed by atoms with Crippen molar-refractivity contribution in [2.24, 2.45) is 5.14 Å². The summed E-state index contributed by atoms with van der Waals surface area (Å²) in [4.78, 5) is 24.7. The van der Waals surface area contributed by atoms with Crippen LogP contribution < -0.4 is 19.9 Å². The zero-order valence-electron chi connectivity index (χ0n) is 19.5. The first-order chi connectivity index (χ1) is 16.6. The van der Waals surface area contributed by atoms with Crippen LogP contribution >= 0.6 is 0 Å². The fourth-order valence-electron chi connectivity index (χ4n) is 3.36. The molecule has 1 aliphatic carbocycles. The number of rotatable bonds is 6. The average molecular weight is 490 g/mol. The molecular formula is C20H17F4N3O5S. The SMILES string of the molecule is [2H]C([2H])([2H])Oc1ccccc1-c1c(F)c(F)c(NC(=O)C2=C(C(=O)NS(N)(=O)=O)CCC2)c(F)c1F. The summed E-state index contributed by atoms with van der Waals surface area (Å²) in [6.45, 7) is 0. The van der Waals surface area contributed by atoms with E-state index in [9.17, 15) is 35.6 Å². The molecular weight excluding hydrogens is 470 g/mol. The third kappa shape index (κ3) is 4.83. The van der Waals surface area contributed by atoms with E-state index in [-0.39, 0.29) is 30.4 Å². The maximum absolute atomic E-state index is 14.9. The monoisotopic (exact) mass is 490 g/mol. The number of halogens is 4. The molecule has 2 aromatic rings. The van der Waals surface area contributed by atoms with E-state index >= 15 is 0 Å². The molecule has 0 fully saturated rings. The Bertz CT molecular complexity index is 1370. The first-order valence-corrected chi connectivity index (χ1v) is 10.7. The van der Waals surface area contributed by atoms with Gasteiger partial charge in [-0.15, -0.1) is 0 Å². The predicted molar refractivity (Wildman–Crippen MR) is 109 cm³/mol. The van der Waals surface area contributed by atoms with Crippen LogP contribution in [0.2, 0.25) is 0 Å². The van der Waals surface area contributed by atoms with Gasteiger partial charge >= 0.3 is 0 Å². The van der Waals surface area contributed by atoms with Crippen molar-refractivity contribution in [3.05, 3.63) is 58.7 Å². The number of carbonyl (C=O) groups excluding carboxylic acids is 2. The summed E-state index contributed by atoms with van der Waals surface area (Å²) in [6.07, 6.45) is 0.0192. The second-order valence-corrected chi connectivity index (χ2v) is 8.14. The highest BCUT2D eigenvalue weighted by molar-refractivity contribution is 7.87. The Morgan fingerprint density at radius 1 is 1.00 bits per heavy atom. The molecule has 3 rings (SSSR count). The number of ether oxygens (including phenoxy) is 1. The van der Waals surface area contributed by atoms with Crippen molar-refractivity contribution in [3.63, 3.8) is 0 Å². The minimum absolute atomic E-state index is 0.0724. The second kappa shape index (κ2) is 9.19. The predicted octanol–water partition coefficient (Wildman–Crippen LogP) is 2.66. The lowest BCUT2D eigenvalue weighted by atomic mass is 10.0. The molecule has 0 atom stereocenters. The van der Waals surface area contributed by atoms with Crippen molar-refractivity contribution in [3.8, 4) is 16.9 Å². The normalized spacial score (nSPS) is 15.5. The van der Waals surface area contributed by atoms with Gasteiger partial charge in [-0.25, -0.2) is 27.4 Å². The third-order valence-electron chi connectivity index (χ3n) is 4.77. The summed E-state index contributed by atoms with van der Waals surface area (Å²) in [5.74, 6) is -11.1. The van der Waals surface area contributed by atoms with Gasteiger partial charge < -0.3 is 10.1 Å². The molecule has 0 bridgehead atoms. The van der Waals surface area contributed by atoms with Gasteiger partial charge in [0, 0.05) is 16.7 Å². The first-order valence-electron chi connectivity index (χ1n) is 10.6. The number of nitrogens with two attached hydrogens (primary N) is 1. The zero-order valence-corrected chi connectivity index (χ0v) is 17.3. The maximum Gasteiger partial charge on any atom is 0.298 e. The molecule has 2 amide bonds. The smallest absolute Gasteiger partial charge is 0.298 e. The summed E-state index contributed by atoms with van der Waals surface area (Å²) in [5.41, 5.74) is -4.11. The number of amides is 2.